The normalized spacial score (nSPS) is 13.9. The lowest BCUT2D eigenvalue weighted by atomic mass is 10.0. The van der Waals surface area contributed by atoms with Gasteiger partial charge in [0.25, 0.3) is 0 Å². The van der Waals surface area contributed by atoms with Gasteiger partial charge in [-0.1, -0.05) is 369 Å². The second-order valence-electron chi connectivity index (χ2n) is 28.9. The fraction of sp³-hybridized carbons (Fsp3) is 0.949. The van der Waals surface area contributed by atoms with E-state index < -0.39 is 97.5 Å². The van der Waals surface area contributed by atoms with Gasteiger partial charge in [0.1, 0.15) is 19.3 Å². The molecule has 0 bridgehead atoms. The summed E-state index contributed by atoms with van der Waals surface area (Å²) in [6, 6.07) is 0. The molecule has 0 rings (SSSR count). The SMILES string of the molecule is CCCCCCCCCCCCCCCCCCCCCCC(=O)O[C@H](COC(=O)CCCCCCCCCCCCCCCCCCCCC)COP(=O)(O)OC[C@@H](O)COP(=O)(O)OC[C@@H](COC(=O)CCCCCCCCCC)OC(=O)CCCCCCCCCCC(C)C. The number of carbonyl (C=O) groups is 4. The third kappa shape index (κ3) is 72.4. The van der Waals surface area contributed by atoms with Crippen LogP contribution < -0.4 is 0 Å². The molecule has 0 saturated carbocycles. The molecule has 0 aromatic carbocycles. The van der Waals surface area contributed by atoms with Gasteiger partial charge in [-0.3, -0.25) is 37.3 Å². The van der Waals surface area contributed by atoms with Crippen LogP contribution in [-0.4, -0.2) is 96.7 Å². The molecule has 5 atom stereocenters. The van der Waals surface area contributed by atoms with Crippen molar-refractivity contribution in [2.75, 3.05) is 39.6 Å². The fourth-order valence-electron chi connectivity index (χ4n) is 12.2. The van der Waals surface area contributed by atoms with Crippen molar-refractivity contribution in [2.45, 2.75) is 438 Å². The van der Waals surface area contributed by atoms with Gasteiger partial charge in [-0.15, -0.1) is 0 Å². The van der Waals surface area contributed by atoms with Crippen LogP contribution >= 0.6 is 15.6 Å². The molecule has 0 fully saturated rings. The Morgan fingerprint density at radius 3 is 0.694 bits per heavy atom. The van der Waals surface area contributed by atoms with Crippen molar-refractivity contribution in [3.05, 3.63) is 0 Å². The zero-order valence-corrected chi connectivity index (χ0v) is 65.7. The second-order valence-corrected chi connectivity index (χ2v) is 31.8. The second kappa shape index (κ2) is 72.0. The van der Waals surface area contributed by atoms with Gasteiger partial charge in [0.15, 0.2) is 12.2 Å². The van der Waals surface area contributed by atoms with Crippen molar-refractivity contribution in [2.24, 2.45) is 5.92 Å². The Bertz CT molecular complexity index is 1870. The number of hydrogen-bond donors (Lipinski definition) is 3. The van der Waals surface area contributed by atoms with Gasteiger partial charge < -0.3 is 33.8 Å². The van der Waals surface area contributed by atoms with Crippen LogP contribution in [0.3, 0.4) is 0 Å². The zero-order valence-electron chi connectivity index (χ0n) is 63.9. The van der Waals surface area contributed by atoms with Gasteiger partial charge in [0.05, 0.1) is 26.4 Å². The number of aliphatic hydroxyl groups is 1. The van der Waals surface area contributed by atoms with Crippen molar-refractivity contribution < 1.29 is 80.2 Å². The predicted octanol–water partition coefficient (Wildman–Crippen LogP) is 23.6. The Morgan fingerprint density at radius 2 is 0.469 bits per heavy atom. The molecular weight excluding hydrogens is 1280 g/mol. The summed E-state index contributed by atoms with van der Waals surface area (Å²) in [7, 11) is -9.91. The van der Waals surface area contributed by atoms with Gasteiger partial charge in [-0.2, -0.15) is 0 Å². The van der Waals surface area contributed by atoms with Crippen molar-refractivity contribution in [3.63, 3.8) is 0 Å². The van der Waals surface area contributed by atoms with Crippen molar-refractivity contribution in [3.8, 4) is 0 Å². The van der Waals surface area contributed by atoms with E-state index in [1.807, 2.05) is 0 Å². The Labute approximate surface area is 600 Å². The summed E-state index contributed by atoms with van der Waals surface area (Å²) in [5.41, 5.74) is 0. The molecule has 0 radical (unpaired) electrons. The van der Waals surface area contributed by atoms with Crippen LogP contribution in [-0.2, 0) is 65.4 Å². The number of unbranched alkanes of at least 4 members (excludes halogenated alkanes) is 51. The summed E-state index contributed by atoms with van der Waals surface area (Å²) in [5, 5.41) is 10.6. The van der Waals surface area contributed by atoms with Crippen LogP contribution in [0.15, 0.2) is 0 Å². The number of ether oxygens (including phenoxy) is 4. The van der Waals surface area contributed by atoms with Crippen LogP contribution in [0.1, 0.15) is 420 Å². The Hall–Kier alpha value is -1.94. The molecule has 0 aromatic heterocycles. The van der Waals surface area contributed by atoms with Crippen molar-refractivity contribution in [1.82, 2.24) is 0 Å². The molecular formula is C79H154O17P2. The van der Waals surface area contributed by atoms with E-state index in [0.29, 0.717) is 25.7 Å². The lowest BCUT2D eigenvalue weighted by molar-refractivity contribution is -0.161. The maximum absolute atomic E-state index is 13.1. The first-order valence-corrected chi connectivity index (χ1v) is 44.1. The van der Waals surface area contributed by atoms with Crippen LogP contribution in [0, 0.1) is 5.92 Å². The molecule has 0 aliphatic rings. The third-order valence-electron chi connectivity index (χ3n) is 18.5. The minimum Gasteiger partial charge on any atom is -0.462 e. The Morgan fingerprint density at radius 1 is 0.276 bits per heavy atom. The van der Waals surface area contributed by atoms with Crippen molar-refractivity contribution in [1.29, 1.82) is 0 Å². The number of aliphatic hydroxyl groups excluding tert-OH is 1. The van der Waals surface area contributed by atoms with E-state index >= 15 is 0 Å². The van der Waals surface area contributed by atoms with E-state index in [4.69, 9.17) is 37.0 Å². The van der Waals surface area contributed by atoms with Gasteiger partial charge in [0.2, 0.25) is 0 Å². The largest absolute Gasteiger partial charge is 0.472 e. The molecule has 0 aromatic rings. The third-order valence-corrected chi connectivity index (χ3v) is 20.4. The standard InChI is InChI=1S/C79H154O17P2/c1-6-9-12-15-18-21-23-25-27-29-31-33-35-37-39-41-43-49-54-59-64-78(83)95-75(69-90-77(82)63-58-53-48-42-40-38-36-34-32-30-28-26-24-22-19-16-13-10-7-2)71-94-98(87,88)92-67-73(80)66-91-97(85,86)93-70-74(68-89-76(81)62-57-52-47-20-17-14-11-8-3)96-79(84)65-60-55-50-45-44-46-51-56-61-72(4)5/h72-75,80H,6-71H2,1-5H3,(H,85,86)(H,87,88)/t73-,74+,75+/m0/s1. The Balaban J connectivity index is 5.17. The summed E-state index contributed by atoms with van der Waals surface area (Å²) in [6.07, 6.45) is 62.8. The number of esters is 4. The Kier molecular flexibility index (Phi) is 70.6. The van der Waals surface area contributed by atoms with E-state index in [2.05, 4.69) is 34.6 Å². The maximum atomic E-state index is 13.1. The molecule has 0 amide bonds. The van der Waals surface area contributed by atoms with Crippen LogP contribution in [0.2, 0.25) is 0 Å². The molecule has 17 nitrogen and oxygen atoms in total. The fourth-order valence-corrected chi connectivity index (χ4v) is 13.8. The van der Waals surface area contributed by atoms with Crippen molar-refractivity contribution >= 4 is 39.5 Å². The van der Waals surface area contributed by atoms with Crippen LogP contribution in [0.4, 0.5) is 0 Å². The molecule has 2 unspecified atom stereocenters. The highest BCUT2D eigenvalue weighted by molar-refractivity contribution is 7.47. The van der Waals surface area contributed by atoms with E-state index in [1.54, 1.807) is 0 Å². The van der Waals surface area contributed by atoms with E-state index in [0.717, 1.165) is 102 Å². The van der Waals surface area contributed by atoms with E-state index in [1.165, 1.54) is 238 Å². The number of hydrogen-bond acceptors (Lipinski definition) is 15. The molecule has 3 N–H and O–H groups in total. The molecule has 98 heavy (non-hydrogen) atoms. The number of phosphoric acid groups is 2. The lowest BCUT2D eigenvalue weighted by Gasteiger charge is -2.21. The first-order chi connectivity index (χ1) is 47.5. The van der Waals surface area contributed by atoms with Gasteiger partial charge in [0, 0.05) is 25.7 Å². The highest BCUT2D eigenvalue weighted by Crippen LogP contribution is 2.45. The summed E-state index contributed by atoms with van der Waals surface area (Å²) in [6.45, 7) is 7.24. The van der Waals surface area contributed by atoms with Crippen LogP contribution in [0.5, 0.6) is 0 Å². The quantitative estimate of drug-likeness (QED) is 0.0222. The maximum Gasteiger partial charge on any atom is 0.472 e. The molecule has 0 spiro atoms. The highest BCUT2D eigenvalue weighted by Gasteiger charge is 2.30. The number of carbonyl (C=O) groups excluding carboxylic acids is 4. The molecule has 582 valence electrons. The van der Waals surface area contributed by atoms with Crippen LogP contribution in [0.25, 0.3) is 0 Å². The first kappa shape index (κ1) is 96.1. The summed E-state index contributed by atoms with van der Waals surface area (Å²) >= 11 is 0. The molecule has 0 aliphatic heterocycles. The summed E-state index contributed by atoms with van der Waals surface area (Å²) < 4.78 is 68.5. The molecule has 0 aliphatic carbocycles. The first-order valence-electron chi connectivity index (χ1n) is 41.1. The average Bonchev–Trinajstić information content (AvgIpc) is 1.00. The topological polar surface area (TPSA) is 237 Å². The minimum absolute atomic E-state index is 0.105. The summed E-state index contributed by atoms with van der Waals surface area (Å²) in [5.74, 6) is -1.40. The van der Waals surface area contributed by atoms with Gasteiger partial charge in [-0.05, 0) is 31.6 Å². The number of phosphoric ester groups is 2. The summed E-state index contributed by atoms with van der Waals surface area (Å²) in [4.78, 5) is 72.8. The number of rotatable bonds is 79. The van der Waals surface area contributed by atoms with Gasteiger partial charge in [-0.25, -0.2) is 9.13 Å². The monoisotopic (exact) mass is 1440 g/mol. The average molecular weight is 1440 g/mol. The highest BCUT2D eigenvalue weighted by atomic mass is 31.2. The predicted molar refractivity (Wildman–Crippen MR) is 400 cm³/mol. The molecule has 0 heterocycles. The zero-order chi connectivity index (χ0) is 71.9. The van der Waals surface area contributed by atoms with Gasteiger partial charge >= 0.3 is 39.5 Å². The smallest absolute Gasteiger partial charge is 0.462 e. The van der Waals surface area contributed by atoms with E-state index in [-0.39, 0.29) is 25.7 Å². The minimum atomic E-state index is -4.96. The molecule has 19 heteroatoms. The molecule has 0 saturated heterocycles. The lowest BCUT2D eigenvalue weighted by Crippen LogP contribution is -2.30. The van der Waals surface area contributed by atoms with E-state index in [9.17, 15) is 43.2 Å².